The third-order valence-corrected chi connectivity index (χ3v) is 6.00. The van der Waals surface area contributed by atoms with Gasteiger partial charge in [0, 0.05) is 31.9 Å². The van der Waals surface area contributed by atoms with Crippen molar-refractivity contribution in [3.8, 4) is 0 Å². The summed E-state index contributed by atoms with van der Waals surface area (Å²) in [7, 11) is 0. The molecule has 1 saturated carbocycles. The molecule has 1 aromatic heterocycles. The SMILES string of the molecule is CC[C@@H](c1nnnn1C1CCCCC1)N1CCN(c2ccccc2)CC1. The van der Waals surface area contributed by atoms with Gasteiger partial charge >= 0.3 is 0 Å². The van der Waals surface area contributed by atoms with E-state index in [1.165, 1.54) is 37.8 Å². The van der Waals surface area contributed by atoms with E-state index in [9.17, 15) is 0 Å². The highest BCUT2D eigenvalue weighted by molar-refractivity contribution is 5.46. The first-order valence-electron chi connectivity index (χ1n) is 10.2. The number of hydrogen-bond donors (Lipinski definition) is 0. The fourth-order valence-corrected chi connectivity index (χ4v) is 4.54. The molecule has 2 fully saturated rings. The number of aromatic nitrogens is 4. The highest BCUT2D eigenvalue weighted by atomic mass is 15.6. The second-order valence-corrected chi connectivity index (χ2v) is 7.56. The van der Waals surface area contributed by atoms with E-state index in [1.807, 2.05) is 0 Å². The normalized spacial score (nSPS) is 21.0. The minimum Gasteiger partial charge on any atom is -0.369 e. The van der Waals surface area contributed by atoms with E-state index >= 15 is 0 Å². The molecule has 1 saturated heterocycles. The predicted octanol–water partition coefficient (Wildman–Crippen LogP) is 3.45. The summed E-state index contributed by atoms with van der Waals surface area (Å²) in [5.74, 6) is 1.08. The first kappa shape index (κ1) is 17.5. The lowest BCUT2D eigenvalue weighted by atomic mass is 9.95. The topological polar surface area (TPSA) is 50.1 Å². The molecule has 1 aromatic carbocycles. The molecule has 6 nitrogen and oxygen atoms in total. The Morgan fingerprint density at radius 2 is 1.73 bits per heavy atom. The van der Waals surface area contributed by atoms with E-state index < -0.39 is 0 Å². The molecule has 0 spiro atoms. The highest BCUT2D eigenvalue weighted by Crippen LogP contribution is 2.32. The Bertz CT molecular complexity index is 671. The smallest absolute Gasteiger partial charge is 0.168 e. The van der Waals surface area contributed by atoms with Crippen LogP contribution in [0.1, 0.15) is 63.4 Å². The van der Waals surface area contributed by atoms with Gasteiger partial charge in [-0.15, -0.1) is 5.10 Å². The molecule has 4 rings (SSSR count). The van der Waals surface area contributed by atoms with E-state index in [0.29, 0.717) is 12.1 Å². The third kappa shape index (κ3) is 3.61. The number of rotatable bonds is 5. The summed E-state index contributed by atoms with van der Waals surface area (Å²) >= 11 is 0. The Hall–Kier alpha value is -1.95. The molecule has 2 aromatic rings. The molecule has 6 heteroatoms. The van der Waals surface area contributed by atoms with Crippen LogP contribution in [0, 0.1) is 0 Å². The van der Waals surface area contributed by atoms with Crippen LogP contribution in [0.15, 0.2) is 30.3 Å². The molecule has 140 valence electrons. The van der Waals surface area contributed by atoms with Gasteiger partial charge < -0.3 is 4.90 Å². The van der Waals surface area contributed by atoms with Gasteiger partial charge in [0.05, 0.1) is 12.1 Å². The lowest BCUT2D eigenvalue weighted by molar-refractivity contribution is 0.163. The van der Waals surface area contributed by atoms with Crippen molar-refractivity contribution in [1.29, 1.82) is 0 Å². The Kier molecular flexibility index (Phi) is 5.48. The molecule has 0 amide bonds. The zero-order chi connectivity index (χ0) is 17.8. The molecule has 2 heterocycles. The number of hydrogen-bond acceptors (Lipinski definition) is 5. The average Bonchev–Trinajstić information content (AvgIpc) is 3.20. The van der Waals surface area contributed by atoms with Crippen molar-refractivity contribution in [2.45, 2.75) is 57.5 Å². The minimum absolute atomic E-state index is 0.324. The number of tetrazole rings is 1. The molecule has 0 bridgehead atoms. The maximum atomic E-state index is 4.46. The molecule has 2 aliphatic rings. The first-order chi connectivity index (χ1) is 12.9. The second-order valence-electron chi connectivity index (χ2n) is 7.56. The Labute approximate surface area is 156 Å². The highest BCUT2D eigenvalue weighted by Gasteiger charge is 2.30. The maximum Gasteiger partial charge on any atom is 0.168 e. The van der Waals surface area contributed by atoms with Crippen molar-refractivity contribution in [2.24, 2.45) is 0 Å². The summed E-state index contributed by atoms with van der Waals surface area (Å²) in [6.07, 6.45) is 7.45. The van der Waals surface area contributed by atoms with Crippen LogP contribution in [0.4, 0.5) is 5.69 Å². The summed E-state index contributed by atoms with van der Waals surface area (Å²) in [6, 6.07) is 11.5. The Morgan fingerprint density at radius 1 is 1.00 bits per heavy atom. The second kappa shape index (κ2) is 8.16. The zero-order valence-electron chi connectivity index (χ0n) is 15.8. The number of anilines is 1. The lowest BCUT2D eigenvalue weighted by Gasteiger charge is -2.39. The predicted molar refractivity (Wildman–Crippen MR) is 103 cm³/mol. The molecule has 26 heavy (non-hydrogen) atoms. The van der Waals surface area contributed by atoms with Gasteiger partial charge in [0.1, 0.15) is 0 Å². The number of benzene rings is 1. The molecule has 0 radical (unpaired) electrons. The van der Waals surface area contributed by atoms with Gasteiger partial charge in [0.15, 0.2) is 5.82 Å². The summed E-state index contributed by atoms with van der Waals surface area (Å²) in [4.78, 5) is 5.05. The fraction of sp³-hybridized carbons (Fsp3) is 0.650. The third-order valence-electron chi connectivity index (χ3n) is 6.00. The van der Waals surface area contributed by atoms with Crippen molar-refractivity contribution in [1.82, 2.24) is 25.1 Å². The van der Waals surface area contributed by atoms with Crippen molar-refractivity contribution in [3.05, 3.63) is 36.2 Å². The van der Waals surface area contributed by atoms with Crippen LogP contribution in [0.5, 0.6) is 0 Å². The van der Waals surface area contributed by atoms with E-state index in [1.54, 1.807) is 0 Å². The van der Waals surface area contributed by atoms with E-state index in [4.69, 9.17) is 0 Å². The molecular weight excluding hydrogens is 324 g/mol. The van der Waals surface area contributed by atoms with Crippen LogP contribution in [-0.2, 0) is 0 Å². The van der Waals surface area contributed by atoms with Crippen LogP contribution in [0.2, 0.25) is 0 Å². The van der Waals surface area contributed by atoms with Crippen molar-refractivity contribution in [3.63, 3.8) is 0 Å². The van der Waals surface area contributed by atoms with Gasteiger partial charge in [-0.05, 0) is 41.8 Å². The van der Waals surface area contributed by atoms with Gasteiger partial charge in [-0.1, -0.05) is 44.4 Å². The van der Waals surface area contributed by atoms with Crippen LogP contribution in [-0.4, -0.2) is 51.3 Å². The zero-order valence-corrected chi connectivity index (χ0v) is 15.8. The van der Waals surface area contributed by atoms with E-state index in [2.05, 4.69) is 67.3 Å². The standard InChI is InChI=1S/C20H30N6/c1-2-19(20-21-22-23-26(20)18-11-7-4-8-12-18)25-15-13-24(14-16-25)17-9-5-3-6-10-17/h3,5-6,9-10,18-19H,2,4,7-8,11-16H2,1H3/t19-/m0/s1. The largest absolute Gasteiger partial charge is 0.369 e. The van der Waals surface area contributed by atoms with Gasteiger partial charge in [-0.2, -0.15) is 0 Å². The van der Waals surface area contributed by atoms with Crippen molar-refractivity contribution < 1.29 is 0 Å². The number of para-hydroxylation sites is 1. The quantitative estimate of drug-likeness (QED) is 0.823. The van der Waals surface area contributed by atoms with Gasteiger partial charge in [0.25, 0.3) is 0 Å². The molecule has 1 aliphatic heterocycles. The summed E-state index contributed by atoms with van der Waals surface area (Å²) < 4.78 is 2.15. The van der Waals surface area contributed by atoms with Gasteiger partial charge in [-0.25, -0.2) is 4.68 Å². The minimum atomic E-state index is 0.324. The molecule has 1 atom stereocenters. The molecule has 0 unspecified atom stereocenters. The number of piperazine rings is 1. The van der Waals surface area contributed by atoms with Gasteiger partial charge in [-0.3, -0.25) is 4.90 Å². The van der Waals surface area contributed by atoms with Crippen molar-refractivity contribution >= 4 is 5.69 Å². The Morgan fingerprint density at radius 3 is 2.42 bits per heavy atom. The average molecular weight is 355 g/mol. The summed E-state index contributed by atoms with van der Waals surface area (Å²) in [6.45, 7) is 6.50. The lowest BCUT2D eigenvalue weighted by Crippen LogP contribution is -2.48. The van der Waals surface area contributed by atoms with Crippen LogP contribution in [0.3, 0.4) is 0 Å². The number of nitrogens with zero attached hydrogens (tertiary/aromatic N) is 6. The van der Waals surface area contributed by atoms with E-state index in [-0.39, 0.29) is 0 Å². The van der Waals surface area contributed by atoms with Crippen molar-refractivity contribution in [2.75, 3.05) is 31.1 Å². The maximum absolute atomic E-state index is 4.46. The van der Waals surface area contributed by atoms with Gasteiger partial charge in [0.2, 0.25) is 0 Å². The molecule has 0 N–H and O–H groups in total. The molecular formula is C20H30N6. The van der Waals surface area contributed by atoms with Crippen LogP contribution < -0.4 is 4.90 Å². The summed E-state index contributed by atoms with van der Waals surface area (Å²) in [5, 5.41) is 12.9. The van der Waals surface area contributed by atoms with Crippen LogP contribution in [0.25, 0.3) is 0 Å². The molecule has 1 aliphatic carbocycles. The first-order valence-corrected chi connectivity index (χ1v) is 10.2. The van der Waals surface area contributed by atoms with E-state index in [0.717, 1.165) is 38.4 Å². The summed E-state index contributed by atoms with van der Waals surface area (Å²) in [5.41, 5.74) is 1.33. The fourth-order valence-electron chi connectivity index (χ4n) is 4.54. The monoisotopic (exact) mass is 354 g/mol. The Balaban J connectivity index is 1.45. The van der Waals surface area contributed by atoms with Crippen LogP contribution >= 0.6 is 0 Å².